The first-order chi connectivity index (χ1) is 18.6. The minimum Gasteiger partial charge on any atom is -0.494 e. The molecule has 1 fully saturated rings. The number of fused-ring (bicyclic) bond motifs is 1. The molecule has 0 aliphatic heterocycles. The number of pyridine rings is 1. The minimum atomic E-state index is -4.83. The number of ether oxygens (including phenoxy) is 1. The van der Waals surface area contributed by atoms with E-state index in [9.17, 15) is 27.2 Å². The lowest BCUT2D eigenvalue weighted by atomic mass is 9.85. The van der Waals surface area contributed by atoms with Crippen LogP contribution in [0.25, 0.3) is 22.2 Å². The van der Waals surface area contributed by atoms with Crippen molar-refractivity contribution in [1.82, 2.24) is 24.7 Å². The monoisotopic (exact) mass is 544 g/mol. The van der Waals surface area contributed by atoms with Gasteiger partial charge in [-0.1, -0.05) is 6.42 Å². The highest BCUT2D eigenvalue weighted by Gasteiger charge is 2.38. The van der Waals surface area contributed by atoms with Gasteiger partial charge in [0, 0.05) is 18.8 Å². The van der Waals surface area contributed by atoms with E-state index in [1.165, 1.54) is 36.2 Å². The Bertz CT molecular complexity index is 1620. The molecule has 1 unspecified atom stereocenters. The van der Waals surface area contributed by atoms with Gasteiger partial charge in [-0.25, -0.2) is 19.5 Å². The Kier molecular flexibility index (Phi) is 7.06. The van der Waals surface area contributed by atoms with Gasteiger partial charge in [0.05, 0.1) is 42.3 Å². The van der Waals surface area contributed by atoms with E-state index in [2.05, 4.69) is 20.4 Å². The van der Waals surface area contributed by atoms with Gasteiger partial charge in [-0.2, -0.15) is 18.3 Å². The first-order valence-corrected chi connectivity index (χ1v) is 12.2. The molecular formula is C26H24F4N6O3. The van der Waals surface area contributed by atoms with Crippen molar-refractivity contribution in [2.45, 2.75) is 44.4 Å². The number of nitrogens with zero attached hydrogens (tertiary/aromatic N) is 4. The molecule has 2 atom stereocenters. The fourth-order valence-electron chi connectivity index (χ4n) is 5.06. The summed E-state index contributed by atoms with van der Waals surface area (Å²) in [5, 5.41) is 8.88. The van der Waals surface area contributed by atoms with Crippen LogP contribution in [0, 0.1) is 11.7 Å². The summed E-state index contributed by atoms with van der Waals surface area (Å²) in [7, 11) is 1.47. The lowest BCUT2D eigenvalue weighted by molar-refractivity contribution is -0.138. The van der Waals surface area contributed by atoms with E-state index in [0.29, 0.717) is 30.5 Å². The Morgan fingerprint density at radius 3 is 2.64 bits per heavy atom. The zero-order chi connectivity index (χ0) is 27.7. The summed E-state index contributed by atoms with van der Waals surface area (Å²) in [4.78, 5) is 33.2. The van der Waals surface area contributed by atoms with E-state index in [1.807, 2.05) is 5.10 Å². The molecule has 1 aliphatic carbocycles. The summed E-state index contributed by atoms with van der Waals surface area (Å²) < 4.78 is 61.8. The molecule has 39 heavy (non-hydrogen) atoms. The number of H-pyrrole nitrogens is 1. The molecule has 4 aromatic rings. The number of rotatable bonds is 6. The summed E-state index contributed by atoms with van der Waals surface area (Å²) in [5.41, 5.74) is -3.21. The maximum atomic E-state index is 15.0. The van der Waals surface area contributed by atoms with Crippen LogP contribution in [0.1, 0.15) is 31.2 Å². The first-order valence-electron chi connectivity index (χ1n) is 12.2. The maximum Gasteiger partial charge on any atom is 0.423 e. The first kappa shape index (κ1) is 26.3. The molecule has 0 radical (unpaired) electrons. The highest BCUT2D eigenvalue weighted by atomic mass is 19.4. The molecule has 2 N–H and O–H groups in total. The summed E-state index contributed by atoms with van der Waals surface area (Å²) in [6.07, 6.45) is 3.18. The number of nitrogens with one attached hydrogen (secondary N) is 2. The fourth-order valence-corrected chi connectivity index (χ4v) is 5.06. The Morgan fingerprint density at radius 2 is 1.92 bits per heavy atom. The van der Waals surface area contributed by atoms with Crippen molar-refractivity contribution in [2.24, 2.45) is 5.92 Å². The van der Waals surface area contributed by atoms with E-state index in [-0.39, 0.29) is 40.0 Å². The average Bonchev–Trinajstić information content (AvgIpc) is 2.90. The van der Waals surface area contributed by atoms with E-state index >= 15 is 0 Å². The summed E-state index contributed by atoms with van der Waals surface area (Å²) in [6, 6.07) is 4.06. The molecule has 0 spiro atoms. The highest BCUT2D eigenvalue weighted by Crippen LogP contribution is 2.34. The SMILES string of the molecule is COc1cnc(-c2cc3ccn(CC4CCC[C@H](Nc5cn[nH]c(=O)c5C(F)(F)F)C4)c(=O)c3cc2F)nc1. The van der Waals surface area contributed by atoms with Gasteiger partial charge in [0.15, 0.2) is 11.6 Å². The van der Waals surface area contributed by atoms with Crippen LogP contribution < -0.4 is 21.2 Å². The fraction of sp³-hybridized carbons (Fsp3) is 0.346. The van der Waals surface area contributed by atoms with Crippen molar-refractivity contribution in [3.8, 4) is 17.1 Å². The normalized spacial score (nSPS) is 17.8. The lowest BCUT2D eigenvalue weighted by Gasteiger charge is -2.31. The number of aromatic amines is 1. The topological polar surface area (TPSA) is 115 Å². The van der Waals surface area contributed by atoms with Crippen molar-refractivity contribution in [3.05, 3.63) is 75.1 Å². The average molecular weight is 545 g/mol. The Morgan fingerprint density at radius 1 is 1.15 bits per heavy atom. The number of anilines is 1. The van der Waals surface area contributed by atoms with Gasteiger partial charge < -0.3 is 14.6 Å². The third kappa shape index (κ3) is 5.47. The van der Waals surface area contributed by atoms with Crippen LogP contribution in [0.2, 0.25) is 0 Å². The number of halogens is 4. The van der Waals surface area contributed by atoms with Gasteiger partial charge in [0.2, 0.25) is 0 Å². The van der Waals surface area contributed by atoms with Gasteiger partial charge >= 0.3 is 6.18 Å². The standard InChI is InChI=1S/C26H24F4N6O3/c1-39-17-10-31-23(32-11-17)19-8-15-5-6-36(25(38)18(15)9-20(19)27)13-14-3-2-4-16(7-14)34-21-12-33-35-24(37)22(21)26(28,29)30/h5-6,8-12,14,16H,2-4,7,13H2,1H3,(H2,34,35,37)/t14?,16-/m0/s1. The van der Waals surface area contributed by atoms with Gasteiger partial charge in [0.25, 0.3) is 11.1 Å². The van der Waals surface area contributed by atoms with Crippen LogP contribution in [0.15, 0.2) is 52.6 Å². The van der Waals surface area contributed by atoms with Crippen molar-refractivity contribution in [1.29, 1.82) is 0 Å². The molecule has 0 amide bonds. The number of alkyl halides is 3. The lowest BCUT2D eigenvalue weighted by Crippen LogP contribution is -2.33. The van der Waals surface area contributed by atoms with Crippen molar-refractivity contribution < 1.29 is 22.3 Å². The van der Waals surface area contributed by atoms with E-state index in [0.717, 1.165) is 19.0 Å². The Hall–Kier alpha value is -4.29. The van der Waals surface area contributed by atoms with Gasteiger partial charge in [-0.05, 0) is 48.8 Å². The van der Waals surface area contributed by atoms with Crippen molar-refractivity contribution >= 4 is 16.5 Å². The second-order valence-corrected chi connectivity index (χ2v) is 9.50. The maximum absolute atomic E-state index is 15.0. The van der Waals surface area contributed by atoms with Gasteiger partial charge in [-0.15, -0.1) is 0 Å². The predicted molar refractivity (Wildman–Crippen MR) is 135 cm³/mol. The molecule has 1 aromatic carbocycles. The smallest absolute Gasteiger partial charge is 0.423 e. The van der Waals surface area contributed by atoms with Crippen LogP contribution in [0.4, 0.5) is 23.2 Å². The molecule has 1 aliphatic rings. The molecule has 0 bridgehead atoms. The van der Waals surface area contributed by atoms with E-state index in [1.54, 1.807) is 12.3 Å². The molecule has 1 saturated carbocycles. The van der Waals surface area contributed by atoms with Gasteiger partial charge in [0.1, 0.15) is 11.4 Å². The molecule has 5 rings (SSSR count). The number of methoxy groups -OCH3 is 1. The molecular weight excluding hydrogens is 520 g/mol. The summed E-state index contributed by atoms with van der Waals surface area (Å²) >= 11 is 0. The van der Waals surface area contributed by atoms with Crippen LogP contribution in [-0.2, 0) is 12.7 Å². The molecule has 3 heterocycles. The quantitative estimate of drug-likeness (QED) is 0.346. The Balaban J connectivity index is 1.35. The number of hydrogen-bond donors (Lipinski definition) is 2. The summed E-state index contributed by atoms with van der Waals surface area (Å²) in [6.45, 7) is 0.317. The van der Waals surface area contributed by atoms with Crippen molar-refractivity contribution in [2.75, 3.05) is 12.4 Å². The largest absolute Gasteiger partial charge is 0.494 e. The summed E-state index contributed by atoms with van der Waals surface area (Å²) in [5.74, 6) is -0.0776. The zero-order valence-electron chi connectivity index (χ0n) is 20.8. The molecule has 3 aromatic heterocycles. The van der Waals surface area contributed by atoms with Crippen molar-refractivity contribution in [3.63, 3.8) is 0 Å². The van der Waals surface area contributed by atoms with E-state index < -0.39 is 23.1 Å². The third-order valence-corrected chi connectivity index (χ3v) is 6.91. The second-order valence-electron chi connectivity index (χ2n) is 9.50. The second kappa shape index (κ2) is 10.5. The van der Waals surface area contributed by atoms with Crippen LogP contribution in [0.5, 0.6) is 5.75 Å². The molecule has 9 nitrogen and oxygen atoms in total. The van der Waals surface area contributed by atoms with Crippen LogP contribution >= 0.6 is 0 Å². The third-order valence-electron chi connectivity index (χ3n) is 6.91. The minimum absolute atomic E-state index is 0.0208. The zero-order valence-corrected chi connectivity index (χ0v) is 20.8. The number of hydrogen-bond acceptors (Lipinski definition) is 7. The Labute approximate surface area is 218 Å². The number of aromatic nitrogens is 5. The van der Waals surface area contributed by atoms with E-state index in [4.69, 9.17) is 4.74 Å². The van der Waals surface area contributed by atoms with Crippen LogP contribution in [0.3, 0.4) is 0 Å². The predicted octanol–water partition coefficient (Wildman–Crippen LogP) is 4.38. The molecule has 13 heteroatoms. The highest BCUT2D eigenvalue weighted by molar-refractivity contribution is 5.86. The number of benzene rings is 1. The van der Waals surface area contributed by atoms with Crippen LogP contribution in [-0.4, -0.2) is 37.9 Å². The molecule has 204 valence electrons. The molecule has 0 saturated heterocycles. The van der Waals surface area contributed by atoms with Gasteiger partial charge in [-0.3, -0.25) is 9.59 Å².